The molecule has 114 valence electrons. The minimum Gasteiger partial charge on any atom is -0.359 e. The van der Waals surface area contributed by atoms with E-state index in [0.29, 0.717) is 25.4 Å². The van der Waals surface area contributed by atoms with E-state index < -0.39 is 0 Å². The third-order valence-electron chi connectivity index (χ3n) is 3.42. The fourth-order valence-electron chi connectivity index (χ4n) is 2.11. The molecule has 0 heterocycles. The van der Waals surface area contributed by atoms with E-state index in [9.17, 15) is 4.79 Å². The Hall–Kier alpha value is -2.02. The van der Waals surface area contributed by atoms with E-state index in [1.807, 2.05) is 42.2 Å². The lowest BCUT2D eigenvalue weighted by atomic mass is 10.1. The quantitative estimate of drug-likeness (QED) is 0.799. The molecule has 0 fully saturated rings. The average Bonchev–Trinajstić information content (AvgIpc) is 2.48. The van der Waals surface area contributed by atoms with Crippen LogP contribution in [0.3, 0.4) is 0 Å². The number of benzene rings is 1. The van der Waals surface area contributed by atoms with E-state index in [4.69, 9.17) is 5.26 Å². The monoisotopic (exact) mass is 287 g/mol. The maximum atomic E-state index is 12.3. The van der Waals surface area contributed by atoms with Gasteiger partial charge in [-0.05, 0) is 31.4 Å². The summed E-state index contributed by atoms with van der Waals surface area (Å²) >= 11 is 0. The molecule has 0 aliphatic rings. The van der Waals surface area contributed by atoms with Crippen molar-refractivity contribution >= 4 is 11.6 Å². The molecule has 0 saturated carbocycles. The number of amides is 1. The van der Waals surface area contributed by atoms with Crippen molar-refractivity contribution in [1.29, 1.82) is 5.26 Å². The summed E-state index contributed by atoms with van der Waals surface area (Å²) < 4.78 is 0. The Balaban J connectivity index is 2.69. The number of para-hydroxylation sites is 1. The van der Waals surface area contributed by atoms with E-state index in [-0.39, 0.29) is 11.9 Å². The normalized spacial score (nSPS) is 11.8. The molecule has 0 aromatic heterocycles. The van der Waals surface area contributed by atoms with Gasteiger partial charge in [-0.2, -0.15) is 5.26 Å². The summed E-state index contributed by atoms with van der Waals surface area (Å²) in [5, 5.41) is 11.8. The molecule has 1 rings (SSSR count). The SMILES string of the molecule is CC(C)CCNC(=O)C(C)N(CCC#N)c1ccccc1. The van der Waals surface area contributed by atoms with Gasteiger partial charge in [0.2, 0.25) is 5.91 Å². The van der Waals surface area contributed by atoms with Gasteiger partial charge in [-0.25, -0.2) is 0 Å². The Kier molecular flexibility index (Phi) is 7.31. The molecule has 0 spiro atoms. The van der Waals surface area contributed by atoms with Crippen molar-refractivity contribution in [3.63, 3.8) is 0 Å². The fourth-order valence-corrected chi connectivity index (χ4v) is 2.11. The number of rotatable bonds is 8. The third kappa shape index (κ3) is 5.86. The highest BCUT2D eigenvalue weighted by atomic mass is 16.2. The van der Waals surface area contributed by atoms with Crippen LogP contribution in [0.2, 0.25) is 0 Å². The van der Waals surface area contributed by atoms with E-state index >= 15 is 0 Å². The van der Waals surface area contributed by atoms with Gasteiger partial charge in [0.05, 0.1) is 12.5 Å². The topological polar surface area (TPSA) is 56.1 Å². The number of carbonyl (C=O) groups is 1. The Morgan fingerprint density at radius 3 is 2.52 bits per heavy atom. The Labute approximate surface area is 127 Å². The maximum Gasteiger partial charge on any atom is 0.242 e. The highest BCUT2D eigenvalue weighted by Gasteiger charge is 2.21. The number of carbonyl (C=O) groups excluding carboxylic acids is 1. The molecular formula is C17H25N3O. The van der Waals surface area contributed by atoms with Crippen LogP contribution < -0.4 is 10.2 Å². The highest BCUT2D eigenvalue weighted by molar-refractivity contribution is 5.84. The standard InChI is InChI=1S/C17H25N3O/c1-14(2)10-12-19-17(21)15(3)20(13-7-11-18)16-8-5-4-6-9-16/h4-6,8-9,14-15H,7,10,12-13H2,1-3H3,(H,19,21). The van der Waals surface area contributed by atoms with Crippen LogP contribution >= 0.6 is 0 Å². The first-order valence-corrected chi connectivity index (χ1v) is 7.52. The van der Waals surface area contributed by atoms with Crippen molar-refractivity contribution in [2.45, 2.75) is 39.7 Å². The Bertz CT molecular complexity index is 465. The van der Waals surface area contributed by atoms with Crippen LogP contribution in [0.4, 0.5) is 5.69 Å². The van der Waals surface area contributed by atoms with Crippen molar-refractivity contribution in [1.82, 2.24) is 5.32 Å². The van der Waals surface area contributed by atoms with Gasteiger partial charge in [0, 0.05) is 18.8 Å². The van der Waals surface area contributed by atoms with Gasteiger partial charge in [-0.15, -0.1) is 0 Å². The molecule has 0 bridgehead atoms. The minimum absolute atomic E-state index is 0.0115. The number of anilines is 1. The second kappa shape index (κ2) is 9.02. The summed E-state index contributed by atoms with van der Waals surface area (Å²) in [5.74, 6) is 0.585. The van der Waals surface area contributed by atoms with Crippen LogP contribution in [0.25, 0.3) is 0 Å². The third-order valence-corrected chi connectivity index (χ3v) is 3.42. The minimum atomic E-state index is -0.284. The van der Waals surface area contributed by atoms with Crippen LogP contribution in [0.1, 0.15) is 33.6 Å². The second-order valence-electron chi connectivity index (χ2n) is 5.59. The van der Waals surface area contributed by atoms with Crippen LogP contribution in [-0.4, -0.2) is 25.0 Å². The first-order chi connectivity index (χ1) is 10.1. The van der Waals surface area contributed by atoms with Gasteiger partial charge >= 0.3 is 0 Å². The van der Waals surface area contributed by atoms with Crippen LogP contribution in [0, 0.1) is 17.2 Å². The molecule has 1 aromatic rings. The fraction of sp³-hybridized carbons (Fsp3) is 0.529. The predicted molar refractivity (Wildman–Crippen MR) is 85.9 cm³/mol. The first-order valence-electron chi connectivity index (χ1n) is 7.52. The Morgan fingerprint density at radius 1 is 1.29 bits per heavy atom. The average molecular weight is 287 g/mol. The lowest BCUT2D eigenvalue weighted by molar-refractivity contribution is -0.122. The maximum absolute atomic E-state index is 12.3. The van der Waals surface area contributed by atoms with Crippen molar-refractivity contribution < 1.29 is 4.79 Å². The van der Waals surface area contributed by atoms with Gasteiger partial charge < -0.3 is 10.2 Å². The van der Waals surface area contributed by atoms with Crippen molar-refractivity contribution in [2.24, 2.45) is 5.92 Å². The zero-order valence-electron chi connectivity index (χ0n) is 13.2. The molecule has 1 aromatic carbocycles. The molecule has 1 unspecified atom stereocenters. The van der Waals surface area contributed by atoms with Crippen LogP contribution in [-0.2, 0) is 4.79 Å². The zero-order valence-corrected chi connectivity index (χ0v) is 13.2. The van der Waals surface area contributed by atoms with Gasteiger partial charge in [0.15, 0.2) is 0 Å². The smallest absolute Gasteiger partial charge is 0.242 e. The van der Waals surface area contributed by atoms with E-state index in [0.717, 1.165) is 12.1 Å². The molecule has 4 heteroatoms. The zero-order chi connectivity index (χ0) is 15.7. The highest BCUT2D eigenvalue weighted by Crippen LogP contribution is 2.17. The predicted octanol–water partition coefficient (Wildman–Crippen LogP) is 2.96. The molecule has 0 aliphatic carbocycles. The molecule has 1 amide bonds. The van der Waals surface area contributed by atoms with E-state index in [2.05, 4.69) is 25.2 Å². The number of hydrogen-bond acceptors (Lipinski definition) is 3. The number of nitrogens with zero attached hydrogens (tertiary/aromatic N) is 2. The lowest BCUT2D eigenvalue weighted by Gasteiger charge is -2.30. The van der Waals surface area contributed by atoms with Crippen molar-refractivity contribution in [2.75, 3.05) is 18.0 Å². The largest absolute Gasteiger partial charge is 0.359 e. The summed E-state index contributed by atoms with van der Waals surface area (Å²) in [6, 6.07) is 11.6. The van der Waals surface area contributed by atoms with Gasteiger partial charge in [-0.1, -0.05) is 32.0 Å². The molecule has 1 atom stereocenters. The number of nitrogens with one attached hydrogen (secondary N) is 1. The summed E-state index contributed by atoms with van der Waals surface area (Å²) in [4.78, 5) is 14.2. The van der Waals surface area contributed by atoms with Gasteiger partial charge in [-0.3, -0.25) is 4.79 Å². The van der Waals surface area contributed by atoms with Gasteiger partial charge in [0.25, 0.3) is 0 Å². The first kappa shape index (κ1) is 17.0. The molecule has 21 heavy (non-hydrogen) atoms. The number of nitriles is 1. The molecule has 4 nitrogen and oxygen atoms in total. The van der Waals surface area contributed by atoms with Crippen molar-refractivity contribution in [3.05, 3.63) is 30.3 Å². The van der Waals surface area contributed by atoms with Crippen LogP contribution in [0.15, 0.2) is 30.3 Å². The summed E-state index contributed by atoms with van der Waals surface area (Å²) in [5.41, 5.74) is 0.972. The van der Waals surface area contributed by atoms with E-state index in [1.165, 1.54) is 0 Å². The molecule has 1 N–H and O–H groups in total. The number of hydrogen-bond donors (Lipinski definition) is 1. The molecule has 0 aliphatic heterocycles. The second-order valence-corrected chi connectivity index (χ2v) is 5.59. The molecule has 0 radical (unpaired) electrons. The molecular weight excluding hydrogens is 262 g/mol. The van der Waals surface area contributed by atoms with Crippen molar-refractivity contribution in [3.8, 4) is 6.07 Å². The summed E-state index contributed by atoms with van der Waals surface area (Å²) in [7, 11) is 0. The summed E-state index contributed by atoms with van der Waals surface area (Å²) in [6.07, 6.45) is 1.38. The van der Waals surface area contributed by atoms with E-state index in [1.54, 1.807) is 0 Å². The Morgan fingerprint density at radius 2 is 1.95 bits per heavy atom. The molecule has 0 saturated heterocycles. The summed E-state index contributed by atoms with van der Waals surface area (Å²) in [6.45, 7) is 7.41. The van der Waals surface area contributed by atoms with Gasteiger partial charge in [0.1, 0.15) is 6.04 Å². The lowest BCUT2D eigenvalue weighted by Crippen LogP contribution is -2.46. The van der Waals surface area contributed by atoms with Crippen LogP contribution in [0.5, 0.6) is 0 Å².